The minimum atomic E-state index is -0.963. The molecule has 0 unspecified atom stereocenters. The van der Waals surface area contributed by atoms with E-state index in [2.05, 4.69) is 37.2 Å². The molecule has 0 saturated heterocycles. The van der Waals surface area contributed by atoms with Gasteiger partial charge in [-0.05, 0) is 34.1 Å². The van der Waals surface area contributed by atoms with E-state index in [4.69, 9.17) is 4.74 Å². The van der Waals surface area contributed by atoms with Gasteiger partial charge >= 0.3 is 0 Å². The van der Waals surface area contributed by atoms with Gasteiger partial charge in [-0.3, -0.25) is 0 Å². The Bertz CT molecular complexity index is 592. The van der Waals surface area contributed by atoms with Gasteiger partial charge in [-0.2, -0.15) is 4.39 Å². The van der Waals surface area contributed by atoms with Crippen LogP contribution in [0.1, 0.15) is 4.88 Å². The average molecular weight is 427 g/mol. The van der Waals surface area contributed by atoms with Gasteiger partial charge in [-0.25, -0.2) is 4.39 Å². The Morgan fingerprint density at radius 2 is 1.95 bits per heavy atom. The van der Waals surface area contributed by atoms with Gasteiger partial charge in [0.1, 0.15) is 6.61 Å². The van der Waals surface area contributed by atoms with Crippen LogP contribution in [-0.4, -0.2) is 13.2 Å². The first-order valence-corrected chi connectivity index (χ1v) is 8.24. The summed E-state index contributed by atoms with van der Waals surface area (Å²) in [5.41, 5.74) is 0. The first-order valence-electron chi connectivity index (χ1n) is 5.77. The highest BCUT2D eigenvalue weighted by Gasteiger charge is 2.10. The quantitative estimate of drug-likeness (QED) is 0.533. The molecule has 108 valence electrons. The normalized spacial score (nSPS) is 10.8. The molecule has 0 amide bonds. The predicted octanol–water partition coefficient (Wildman–Crippen LogP) is 4.72. The van der Waals surface area contributed by atoms with Crippen molar-refractivity contribution < 1.29 is 13.5 Å². The fourth-order valence-electron chi connectivity index (χ4n) is 1.53. The second-order valence-corrected chi connectivity index (χ2v) is 6.78. The molecular weight excluding hydrogens is 416 g/mol. The number of hydrogen-bond donors (Lipinski definition) is 1. The summed E-state index contributed by atoms with van der Waals surface area (Å²) in [6.07, 6.45) is 0. The lowest BCUT2D eigenvalue weighted by Gasteiger charge is -2.09. The molecule has 0 spiro atoms. The van der Waals surface area contributed by atoms with Gasteiger partial charge in [0.05, 0.1) is 0 Å². The number of nitrogens with one attached hydrogen (secondary N) is 1. The highest BCUT2D eigenvalue weighted by Crippen LogP contribution is 2.25. The molecule has 2 nitrogen and oxygen atoms in total. The summed E-state index contributed by atoms with van der Waals surface area (Å²) < 4.78 is 33.3. The Kier molecular flexibility index (Phi) is 5.95. The fourth-order valence-corrected chi connectivity index (χ4v) is 3.36. The molecule has 2 rings (SSSR count). The van der Waals surface area contributed by atoms with Crippen molar-refractivity contribution in [3.05, 3.63) is 49.0 Å². The zero-order valence-electron chi connectivity index (χ0n) is 10.3. The highest BCUT2D eigenvalue weighted by molar-refractivity contribution is 9.10. The van der Waals surface area contributed by atoms with Gasteiger partial charge in [-0.1, -0.05) is 15.9 Å². The smallest absolute Gasteiger partial charge is 0.200 e. The highest BCUT2D eigenvalue weighted by atomic mass is 79.9. The van der Waals surface area contributed by atoms with Crippen LogP contribution in [0.15, 0.2) is 32.5 Å². The van der Waals surface area contributed by atoms with E-state index in [0.717, 1.165) is 17.1 Å². The Labute approximate surface area is 136 Å². The van der Waals surface area contributed by atoms with E-state index in [9.17, 15) is 8.78 Å². The summed E-state index contributed by atoms with van der Waals surface area (Å²) in [5, 5.41) is 5.18. The van der Waals surface area contributed by atoms with Crippen molar-refractivity contribution in [3.63, 3.8) is 0 Å². The van der Waals surface area contributed by atoms with Crippen LogP contribution in [0.4, 0.5) is 8.78 Å². The van der Waals surface area contributed by atoms with Crippen molar-refractivity contribution in [1.29, 1.82) is 0 Å². The second kappa shape index (κ2) is 7.49. The number of rotatable bonds is 6. The monoisotopic (exact) mass is 425 g/mol. The number of hydrogen-bond acceptors (Lipinski definition) is 3. The molecule has 7 heteroatoms. The lowest BCUT2D eigenvalue weighted by Crippen LogP contribution is -2.20. The van der Waals surface area contributed by atoms with Crippen molar-refractivity contribution in [2.45, 2.75) is 6.54 Å². The molecule has 0 aliphatic rings. The van der Waals surface area contributed by atoms with Crippen LogP contribution in [0.25, 0.3) is 0 Å². The molecule has 0 aliphatic carbocycles. The van der Waals surface area contributed by atoms with Crippen molar-refractivity contribution in [2.24, 2.45) is 0 Å². The summed E-state index contributed by atoms with van der Waals surface area (Å²) in [6.45, 7) is 1.53. The Morgan fingerprint density at radius 3 is 2.65 bits per heavy atom. The fraction of sp³-hybridized carbons (Fsp3) is 0.231. The summed E-state index contributed by atoms with van der Waals surface area (Å²) in [4.78, 5) is 1.19. The van der Waals surface area contributed by atoms with Crippen molar-refractivity contribution >= 4 is 43.2 Å². The minimum absolute atomic E-state index is 0.0856. The van der Waals surface area contributed by atoms with Crippen molar-refractivity contribution in [1.82, 2.24) is 5.32 Å². The Hall–Kier alpha value is -0.500. The maximum Gasteiger partial charge on any atom is 0.200 e. The zero-order chi connectivity index (χ0) is 14.5. The Balaban J connectivity index is 1.76. The zero-order valence-corrected chi connectivity index (χ0v) is 14.2. The molecule has 0 saturated carbocycles. The first-order chi connectivity index (χ1) is 9.56. The third-order valence-electron chi connectivity index (χ3n) is 2.42. The molecule has 1 aromatic carbocycles. The van der Waals surface area contributed by atoms with Crippen LogP contribution in [0.3, 0.4) is 0 Å². The van der Waals surface area contributed by atoms with E-state index in [1.54, 1.807) is 11.3 Å². The van der Waals surface area contributed by atoms with E-state index >= 15 is 0 Å². The molecule has 0 bridgehead atoms. The molecule has 0 fully saturated rings. The summed E-state index contributed by atoms with van der Waals surface area (Å²) in [5.74, 6) is -1.97. The minimum Gasteiger partial charge on any atom is -0.489 e. The summed E-state index contributed by atoms with van der Waals surface area (Å²) in [7, 11) is 0. The SMILES string of the molecule is Fc1cc(Br)cc(OCCNCc2cc(Br)cs2)c1F. The van der Waals surface area contributed by atoms with Gasteiger partial charge < -0.3 is 10.1 Å². The standard InChI is InChI=1S/C13H11Br2F2NOS/c14-8-4-11(16)13(17)12(5-8)19-2-1-18-6-10-3-9(15)7-20-10/h3-5,7,18H,1-2,6H2. The second-order valence-electron chi connectivity index (χ2n) is 3.96. The molecule has 1 N–H and O–H groups in total. The summed E-state index contributed by atoms with van der Waals surface area (Å²) in [6, 6.07) is 4.51. The van der Waals surface area contributed by atoms with Gasteiger partial charge in [0.2, 0.25) is 5.82 Å². The number of benzene rings is 1. The van der Waals surface area contributed by atoms with E-state index < -0.39 is 11.6 Å². The van der Waals surface area contributed by atoms with Crippen molar-refractivity contribution in [3.8, 4) is 5.75 Å². The van der Waals surface area contributed by atoms with Crippen LogP contribution >= 0.6 is 43.2 Å². The maximum absolute atomic E-state index is 13.4. The van der Waals surface area contributed by atoms with E-state index in [0.29, 0.717) is 11.0 Å². The molecule has 0 atom stereocenters. The van der Waals surface area contributed by atoms with Crippen LogP contribution < -0.4 is 10.1 Å². The third kappa shape index (κ3) is 4.51. The predicted molar refractivity (Wildman–Crippen MR) is 83.3 cm³/mol. The number of ether oxygens (including phenoxy) is 1. The van der Waals surface area contributed by atoms with E-state index in [-0.39, 0.29) is 12.4 Å². The van der Waals surface area contributed by atoms with Crippen LogP contribution in [-0.2, 0) is 6.54 Å². The van der Waals surface area contributed by atoms with Crippen LogP contribution in [0.5, 0.6) is 5.75 Å². The average Bonchev–Trinajstić information content (AvgIpc) is 2.80. The Morgan fingerprint density at radius 1 is 1.15 bits per heavy atom. The number of thiophene rings is 1. The summed E-state index contributed by atoms with van der Waals surface area (Å²) >= 11 is 8.12. The maximum atomic E-state index is 13.4. The van der Waals surface area contributed by atoms with E-state index in [1.165, 1.54) is 10.9 Å². The van der Waals surface area contributed by atoms with Crippen LogP contribution in [0, 0.1) is 11.6 Å². The molecule has 1 aromatic heterocycles. The lowest BCUT2D eigenvalue weighted by molar-refractivity contribution is 0.292. The molecule has 1 heterocycles. The lowest BCUT2D eigenvalue weighted by atomic mass is 10.3. The van der Waals surface area contributed by atoms with Gasteiger partial charge in [-0.15, -0.1) is 11.3 Å². The number of halogens is 4. The van der Waals surface area contributed by atoms with Gasteiger partial charge in [0, 0.05) is 32.3 Å². The largest absolute Gasteiger partial charge is 0.489 e. The molecule has 0 aliphatic heterocycles. The van der Waals surface area contributed by atoms with Crippen molar-refractivity contribution in [2.75, 3.05) is 13.2 Å². The molecular formula is C13H11Br2F2NOS. The third-order valence-corrected chi connectivity index (χ3v) is 4.57. The van der Waals surface area contributed by atoms with E-state index in [1.807, 2.05) is 11.4 Å². The van der Waals surface area contributed by atoms with Crippen LogP contribution in [0.2, 0.25) is 0 Å². The van der Waals surface area contributed by atoms with Gasteiger partial charge in [0.25, 0.3) is 0 Å². The molecule has 0 radical (unpaired) electrons. The molecule has 2 aromatic rings. The first kappa shape index (κ1) is 15.9. The molecule has 20 heavy (non-hydrogen) atoms. The topological polar surface area (TPSA) is 21.3 Å². The van der Waals surface area contributed by atoms with Gasteiger partial charge in [0.15, 0.2) is 11.6 Å².